The minimum atomic E-state index is 0.0182. The van der Waals surface area contributed by atoms with Crippen LogP contribution in [0.2, 0.25) is 0 Å². The number of rotatable bonds is 4. The van der Waals surface area contributed by atoms with Gasteiger partial charge in [0.2, 0.25) is 5.91 Å². The molecule has 1 amide bonds. The van der Waals surface area contributed by atoms with Crippen molar-refractivity contribution in [3.63, 3.8) is 0 Å². The highest BCUT2D eigenvalue weighted by Crippen LogP contribution is 2.25. The zero-order valence-electron chi connectivity index (χ0n) is 16.9. The Labute approximate surface area is 169 Å². The molecule has 2 aromatic heterocycles. The van der Waals surface area contributed by atoms with E-state index in [1.807, 2.05) is 53.9 Å². The van der Waals surface area contributed by atoms with Crippen LogP contribution in [0.25, 0.3) is 17.1 Å². The normalized spacial score (nSPS) is 14.7. The Morgan fingerprint density at radius 2 is 1.83 bits per heavy atom. The monoisotopic (exact) mass is 392 g/mol. The average molecular weight is 392 g/mol. The maximum atomic E-state index is 12.6. The molecule has 1 aliphatic rings. The van der Waals surface area contributed by atoms with Crippen LogP contribution in [0.5, 0.6) is 5.75 Å². The summed E-state index contributed by atoms with van der Waals surface area (Å²) in [5.41, 5.74) is 3.67. The molecule has 0 saturated carbocycles. The molecule has 1 fully saturated rings. The molecule has 0 N–H and O–H groups in total. The third-order valence-corrected chi connectivity index (χ3v) is 5.19. The van der Waals surface area contributed by atoms with E-state index < -0.39 is 0 Å². The Balaban J connectivity index is 1.41. The van der Waals surface area contributed by atoms with E-state index >= 15 is 0 Å². The van der Waals surface area contributed by atoms with Crippen LogP contribution < -0.4 is 9.64 Å². The fraction of sp³-hybridized carbons (Fsp3) is 0.333. The van der Waals surface area contributed by atoms with Gasteiger partial charge in [-0.3, -0.25) is 9.48 Å². The fourth-order valence-corrected chi connectivity index (χ4v) is 3.61. The van der Waals surface area contributed by atoms with Crippen LogP contribution in [-0.4, -0.2) is 63.8 Å². The summed E-state index contributed by atoms with van der Waals surface area (Å²) in [6, 6.07) is 7.62. The van der Waals surface area contributed by atoms with Crippen LogP contribution in [0, 0.1) is 6.92 Å². The topological polar surface area (TPSA) is 76.4 Å². The van der Waals surface area contributed by atoms with Crippen molar-refractivity contribution in [1.29, 1.82) is 0 Å². The molecule has 3 aromatic rings. The minimum absolute atomic E-state index is 0.0182. The van der Waals surface area contributed by atoms with Gasteiger partial charge in [0.15, 0.2) is 5.82 Å². The molecule has 3 heterocycles. The van der Waals surface area contributed by atoms with E-state index in [0.29, 0.717) is 13.1 Å². The predicted octanol–water partition coefficient (Wildman–Crippen LogP) is 2.04. The van der Waals surface area contributed by atoms with E-state index in [1.54, 1.807) is 19.5 Å². The van der Waals surface area contributed by atoms with Crippen molar-refractivity contribution in [2.75, 3.05) is 38.2 Å². The van der Waals surface area contributed by atoms with Gasteiger partial charge in [-0.2, -0.15) is 5.10 Å². The first-order valence-corrected chi connectivity index (χ1v) is 9.57. The first kappa shape index (κ1) is 18.9. The lowest BCUT2D eigenvalue weighted by Crippen LogP contribution is -2.48. The molecule has 0 radical (unpaired) electrons. The molecule has 0 unspecified atom stereocenters. The number of amides is 1. The number of aromatic nitrogens is 4. The Morgan fingerprint density at radius 3 is 2.52 bits per heavy atom. The van der Waals surface area contributed by atoms with Crippen molar-refractivity contribution in [3.05, 3.63) is 47.9 Å². The van der Waals surface area contributed by atoms with Gasteiger partial charge in [0, 0.05) is 39.3 Å². The van der Waals surface area contributed by atoms with Gasteiger partial charge < -0.3 is 14.5 Å². The summed E-state index contributed by atoms with van der Waals surface area (Å²) in [4.78, 5) is 25.5. The number of nitrogens with zero attached hydrogens (tertiary/aromatic N) is 6. The third-order valence-electron chi connectivity index (χ3n) is 5.19. The number of carbonyl (C=O) groups is 1. The average Bonchev–Trinajstić information content (AvgIpc) is 3.06. The first-order valence-electron chi connectivity index (χ1n) is 9.57. The predicted molar refractivity (Wildman–Crippen MR) is 112 cm³/mol. The SMILES string of the molecule is COc1ccc(C=CC(=O)N2CCN(c3ncnc4c(C)nn(C)c34)CC2)cc1. The van der Waals surface area contributed by atoms with Gasteiger partial charge in [-0.05, 0) is 30.7 Å². The number of fused-ring (bicyclic) bond motifs is 1. The van der Waals surface area contributed by atoms with Crippen molar-refractivity contribution in [3.8, 4) is 5.75 Å². The van der Waals surface area contributed by atoms with E-state index in [2.05, 4.69) is 20.0 Å². The Bertz CT molecular complexity index is 1050. The van der Waals surface area contributed by atoms with Gasteiger partial charge >= 0.3 is 0 Å². The van der Waals surface area contributed by atoms with E-state index in [0.717, 1.165) is 46.9 Å². The Hall–Kier alpha value is -3.42. The third kappa shape index (κ3) is 3.78. The molecule has 8 heteroatoms. The van der Waals surface area contributed by atoms with Crippen molar-refractivity contribution < 1.29 is 9.53 Å². The molecule has 150 valence electrons. The van der Waals surface area contributed by atoms with E-state index in [9.17, 15) is 4.79 Å². The molecule has 0 spiro atoms. The molecule has 0 aliphatic carbocycles. The number of methoxy groups -OCH3 is 1. The lowest BCUT2D eigenvalue weighted by Gasteiger charge is -2.35. The quantitative estimate of drug-likeness (QED) is 0.633. The number of anilines is 1. The van der Waals surface area contributed by atoms with Crippen LogP contribution in [0.15, 0.2) is 36.7 Å². The Kier molecular flexibility index (Phi) is 5.16. The highest BCUT2D eigenvalue weighted by atomic mass is 16.5. The molecule has 1 aliphatic heterocycles. The summed E-state index contributed by atoms with van der Waals surface area (Å²) < 4.78 is 6.98. The lowest BCUT2D eigenvalue weighted by molar-refractivity contribution is -0.126. The second kappa shape index (κ2) is 7.90. The first-order chi connectivity index (χ1) is 14.1. The van der Waals surface area contributed by atoms with Crippen molar-refractivity contribution in [2.45, 2.75) is 6.92 Å². The molecule has 0 bridgehead atoms. The van der Waals surface area contributed by atoms with Gasteiger partial charge in [0.05, 0.1) is 12.8 Å². The van der Waals surface area contributed by atoms with Crippen LogP contribution in [0.4, 0.5) is 5.82 Å². The zero-order chi connectivity index (χ0) is 20.4. The molecular weight excluding hydrogens is 368 g/mol. The number of aryl methyl sites for hydroxylation is 2. The number of hydrogen-bond donors (Lipinski definition) is 0. The second-order valence-corrected chi connectivity index (χ2v) is 7.02. The Morgan fingerprint density at radius 1 is 1.10 bits per heavy atom. The van der Waals surface area contributed by atoms with Gasteiger partial charge in [-0.25, -0.2) is 9.97 Å². The summed E-state index contributed by atoms with van der Waals surface area (Å²) in [6.45, 7) is 4.68. The molecule has 0 atom stereocenters. The van der Waals surface area contributed by atoms with Crippen molar-refractivity contribution in [1.82, 2.24) is 24.6 Å². The van der Waals surface area contributed by atoms with Crippen molar-refractivity contribution in [2.24, 2.45) is 7.05 Å². The van der Waals surface area contributed by atoms with Gasteiger partial charge in [-0.1, -0.05) is 12.1 Å². The molecule has 4 rings (SSSR count). The van der Waals surface area contributed by atoms with E-state index in [4.69, 9.17) is 4.74 Å². The number of ether oxygens (including phenoxy) is 1. The summed E-state index contributed by atoms with van der Waals surface area (Å²) in [7, 11) is 3.54. The number of benzene rings is 1. The lowest BCUT2D eigenvalue weighted by atomic mass is 10.2. The van der Waals surface area contributed by atoms with Crippen LogP contribution >= 0.6 is 0 Å². The van der Waals surface area contributed by atoms with Crippen molar-refractivity contribution >= 4 is 28.8 Å². The highest BCUT2D eigenvalue weighted by molar-refractivity contribution is 5.92. The van der Waals surface area contributed by atoms with Crippen LogP contribution in [-0.2, 0) is 11.8 Å². The summed E-state index contributed by atoms with van der Waals surface area (Å²) >= 11 is 0. The summed E-state index contributed by atoms with van der Waals surface area (Å²) in [5, 5.41) is 4.46. The standard InChI is InChI=1S/C21H24N6O2/c1-15-19-20(25(2)24-15)21(23-14-22-19)27-12-10-26(11-13-27)18(28)9-6-16-4-7-17(29-3)8-5-16/h4-9,14H,10-13H2,1-3H3. The minimum Gasteiger partial charge on any atom is -0.497 e. The van der Waals surface area contributed by atoms with Gasteiger partial charge in [-0.15, -0.1) is 0 Å². The van der Waals surface area contributed by atoms with Crippen LogP contribution in [0.1, 0.15) is 11.3 Å². The van der Waals surface area contributed by atoms with Gasteiger partial charge in [0.25, 0.3) is 0 Å². The molecule has 1 aromatic carbocycles. The van der Waals surface area contributed by atoms with Gasteiger partial charge in [0.1, 0.15) is 23.1 Å². The van der Waals surface area contributed by atoms with E-state index in [-0.39, 0.29) is 5.91 Å². The second-order valence-electron chi connectivity index (χ2n) is 7.02. The molecule has 1 saturated heterocycles. The summed E-state index contributed by atoms with van der Waals surface area (Å²) in [6.07, 6.45) is 5.05. The number of carbonyl (C=O) groups excluding carboxylic acids is 1. The molecule has 8 nitrogen and oxygen atoms in total. The summed E-state index contributed by atoms with van der Waals surface area (Å²) in [5.74, 6) is 1.69. The maximum absolute atomic E-state index is 12.6. The molecular formula is C21H24N6O2. The number of piperazine rings is 1. The fourth-order valence-electron chi connectivity index (χ4n) is 3.61. The van der Waals surface area contributed by atoms with Crippen LogP contribution in [0.3, 0.4) is 0 Å². The highest BCUT2D eigenvalue weighted by Gasteiger charge is 2.23. The maximum Gasteiger partial charge on any atom is 0.246 e. The zero-order valence-corrected chi connectivity index (χ0v) is 16.9. The number of hydrogen-bond acceptors (Lipinski definition) is 6. The smallest absolute Gasteiger partial charge is 0.246 e. The van der Waals surface area contributed by atoms with E-state index in [1.165, 1.54) is 0 Å². The molecule has 29 heavy (non-hydrogen) atoms. The largest absolute Gasteiger partial charge is 0.497 e.